The molecule has 1 saturated heterocycles. The molecule has 1 unspecified atom stereocenters. The standard InChI is InChI=1S/C39H52N6O9S/c1-7-23-19-39(23,36(48)44-55(50,51)25-14-15-25)43-33(46)31-21(2)30-20-45(31)35(47)32(38(3,4)5)42-37(49)54-29-17-22(29)11-9-8-10-12-27-34(53-30)41-28-18-24(52-6)13-16-26(28)40-27/h7,13,16,18,21-23,25,29-32H,1,8-12,14-15,17,19-20H2,2-6H3,(H,42,49)(H,43,46)(H,44,48)/t21-,22-,23-,29-,30+,31?,32-,39-/m1/s1. The van der Waals surface area contributed by atoms with E-state index in [4.69, 9.17) is 24.2 Å². The van der Waals surface area contributed by atoms with E-state index in [1.165, 1.54) is 11.0 Å². The van der Waals surface area contributed by atoms with Gasteiger partial charge < -0.3 is 29.7 Å². The van der Waals surface area contributed by atoms with Gasteiger partial charge in [-0.15, -0.1) is 6.58 Å². The van der Waals surface area contributed by atoms with Crippen molar-refractivity contribution in [1.29, 1.82) is 0 Å². The lowest BCUT2D eigenvalue weighted by atomic mass is 9.85. The number of aryl methyl sites for hydroxylation is 1. The first kappa shape index (κ1) is 38.8. The normalized spacial score (nSPS) is 31.3. The number of carbonyl (C=O) groups excluding carboxylic acids is 4. The van der Waals surface area contributed by atoms with E-state index in [2.05, 4.69) is 21.9 Å². The maximum absolute atomic E-state index is 14.7. The zero-order valence-corrected chi connectivity index (χ0v) is 32.9. The van der Waals surface area contributed by atoms with Crippen molar-refractivity contribution in [2.45, 2.75) is 121 Å². The number of hydrogen-bond acceptors (Lipinski definition) is 11. The number of aromatic nitrogens is 2. The molecule has 55 heavy (non-hydrogen) atoms. The van der Waals surface area contributed by atoms with Gasteiger partial charge in [0.25, 0.3) is 5.91 Å². The number of hydrogen-bond donors (Lipinski definition) is 3. The van der Waals surface area contributed by atoms with Crippen LogP contribution in [0.4, 0.5) is 4.79 Å². The quantitative estimate of drug-likeness (QED) is 0.348. The van der Waals surface area contributed by atoms with Gasteiger partial charge in [0.05, 0.1) is 29.9 Å². The van der Waals surface area contributed by atoms with Gasteiger partial charge in [0.2, 0.25) is 27.7 Å². The van der Waals surface area contributed by atoms with Gasteiger partial charge in [-0.25, -0.2) is 23.2 Å². The summed E-state index contributed by atoms with van der Waals surface area (Å²) in [4.78, 5) is 67.4. The molecule has 4 amide bonds. The average molecular weight is 781 g/mol. The zero-order valence-electron chi connectivity index (χ0n) is 32.1. The summed E-state index contributed by atoms with van der Waals surface area (Å²) in [7, 11) is -2.34. The molecule has 8 atom stereocenters. The maximum Gasteiger partial charge on any atom is 0.408 e. The van der Waals surface area contributed by atoms with Gasteiger partial charge in [-0.3, -0.25) is 19.1 Å². The molecule has 5 aliphatic rings. The van der Waals surface area contributed by atoms with E-state index < -0.39 is 80.1 Å². The molecule has 2 bridgehead atoms. The van der Waals surface area contributed by atoms with E-state index >= 15 is 0 Å². The molecule has 16 heteroatoms. The number of nitrogens with zero attached hydrogens (tertiary/aromatic N) is 3. The number of nitrogens with one attached hydrogen (secondary N) is 3. The molecule has 3 N–H and O–H groups in total. The minimum atomic E-state index is -3.91. The van der Waals surface area contributed by atoms with Gasteiger partial charge in [0, 0.05) is 17.9 Å². The van der Waals surface area contributed by atoms with Crippen LogP contribution in [0.1, 0.15) is 84.8 Å². The van der Waals surface area contributed by atoms with Crippen LogP contribution in [-0.2, 0) is 35.6 Å². The van der Waals surface area contributed by atoms with Crippen LogP contribution in [0, 0.1) is 23.2 Å². The van der Waals surface area contributed by atoms with E-state index in [9.17, 15) is 27.6 Å². The van der Waals surface area contributed by atoms with E-state index in [0.29, 0.717) is 47.6 Å². The first-order chi connectivity index (χ1) is 26.0. The number of amides is 4. The van der Waals surface area contributed by atoms with Gasteiger partial charge in [-0.2, -0.15) is 0 Å². The molecule has 7 rings (SSSR count). The second-order valence-electron chi connectivity index (χ2n) is 16.9. The summed E-state index contributed by atoms with van der Waals surface area (Å²) in [6, 6.07) is 3.16. The molecule has 2 aromatic rings. The highest BCUT2D eigenvalue weighted by molar-refractivity contribution is 7.91. The third-order valence-corrected chi connectivity index (χ3v) is 13.6. The molecule has 3 heterocycles. The van der Waals surface area contributed by atoms with Crippen molar-refractivity contribution in [2.24, 2.45) is 23.2 Å². The predicted molar refractivity (Wildman–Crippen MR) is 201 cm³/mol. The minimum absolute atomic E-state index is 0.0521. The first-order valence-corrected chi connectivity index (χ1v) is 20.9. The van der Waals surface area contributed by atoms with Crippen molar-refractivity contribution in [3.8, 4) is 11.6 Å². The Morgan fingerprint density at radius 2 is 1.84 bits per heavy atom. The fraction of sp³-hybridized carbons (Fsp3) is 0.641. The van der Waals surface area contributed by atoms with Crippen LogP contribution in [0.2, 0.25) is 0 Å². The Labute approximate surface area is 321 Å². The molecule has 3 saturated carbocycles. The topological polar surface area (TPSA) is 195 Å². The van der Waals surface area contributed by atoms with E-state index in [0.717, 1.165) is 32.1 Å². The molecule has 15 nitrogen and oxygen atoms in total. The molecule has 298 valence electrons. The van der Waals surface area contributed by atoms with Crippen molar-refractivity contribution in [3.63, 3.8) is 0 Å². The van der Waals surface area contributed by atoms with Gasteiger partial charge >= 0.3 is 6.09 Å². The largest absolute Gasteiger partial charge is 0.497 e. The summed E-state index contributed by atoms with van der Waals surface area (Å²) < 4.78 is 45.6. The smallest absolute Gasteiger partial charge is 0.408 e. The molecule has 1 aromatic carbocycles. The number of ether oxygens (including phenoxy) is 3. The molecule has 3 aliphatic carbocycles. The van der Waals surface area contributed by atoms with Gasteiger partial charge in [0.1, 0.15) is 41.3 Å². The van der Waals surface area contributed by atoms with Crippen molar-refractivity contribution >= 4 is 44.9 Å². The Balaban J connectivity index is 1.24. The van der Waals surface area contributed by atoms with Crippen LogP contribution in [0.25, 0.3) is 11.0 Å². The van der Waals surface area contributed by atoms with Gasteiger partial charge in [-0.05, 0) is 68.4 Å². The van der Waals surface area contributed by atoms with Crippen molar-refractivity contribution in [3.05, 3.63) is 36.5 Å². The van der Waals surface area contributed by atoms with Crippen LogP contribution in [0.5, 0.6) is 11.6 Å². The highest BCUT2D eigenvalue weighted by atomic mass is 32.2. The second kappa shape index (κ2) is 14.6. The number of rotatable bonds is 7. The highest BCUT2D eigenvalue weighted by Crippen LogP contribution is 2.46. The number of methoxy groups -OCH3 is 1. The lowest BCUT2D eigenvalue weighted by Gasteiger charge is -2.35. The van der Waals surface area contributed by atoms with Gasteiger partial charge in [-0.1, -0.05) is 46.6 Å². The lowest BCUT2D eigenvalue weighted by molar-refractivity contribution is -0.143. The Bertz CT molecular complexity index is 2000. The van der Waals surface area contributed by atoms with Crippen LogP contribution in [-0.4, -0.2) is 95.8 Å². The third kappa shape index (κ3) is 7.96. The predicted octanol–water partition coefficient (Wildman–Crippen LogP) is 3.55. The number of carbonyl (C=O) groups is 4. The Kier molecular flexibility index (Phi) is 10.3. The molecule has 0 spiro atoms. The number of alkyl carbamates (subject to hydrolysis) is 1. The number of benzene rings is 1. The van der Waals surface area contributed by atoms with Crippen LogP contribution in [0.3, 0.4) is 0 Å². The number of sulfonamides is 1. The Hall–Kier alpha value is -4.47. The summed E-state index contributed by atoms with van der Waals surface area (Å²) in [6.45, 7) is 11.0. The Morgan fingerprint density at radius 3 is 2.51 bits per heavy atom. The SMILES string of the molecule is C=C[C@@H]1C[C@]1(NC(=O)C1[C@H](C)[C@@H]2CN1C(=O)[C@H](C(C)(C)C)NC(=O)O[C@@H]1C[C@H]1CCCCCc1nc3ccc(OC)cc3nc1O2)C(=O)NS(=O)(=O)C1CC1. The zero-order chi connectivity index (χ0) is 39.4. The summed E-state index contributed by atoms with van der Waals surface area (Å²) in [5, 5.41) is 5.00. The molecule has 4 fully saturated rings. The first-order valence-electron chi connectivity index (χ1n) is 19.3. The molecule has 1 aromatic heterocycles. The van der Waals surface area contributed by atoms with E-state index in [1.54, 1.807) is 20.1 Å². The van der Waals surface area contributed by atoms with Gasteiger partial charge in [0.15, 0.2) is 0 Å². The van der Waals surface area contributed by atoms with Crippen LogP contribution in [0.15, 0.2) is 30.9 Å². The minimum Gasteiger partial charge on any atom is -0.497 e. The van der Waals surface area contributed by atoms with Crippen molar-refractivity contribution in [1.82, 2.24) is 30.2 Å². The van der Waals surface area contributed by atoms with Crippen molar-refractivity contribution in [2.75, 3.05) is 13.7 Å². The average Bonchev–Trinajstić information content (AvgIpc) is 4.04. The third-order valence-electron chi connectivity index (χ3n) is 11.7. The number of fused-ring (bicyclic) bond motifs is 5. The Morgan fingerprint density at radius 1 is 1.07 bits per heavy atom. The summed E-state index contributed by atoms with van der Waals surface area (Å²) in [6.07, 6.45) is 5.84. The van der Waals surface area contributed by atoms with Crippen LogP contribution >= 0.6 is 0 Å². The summed E-state index contributed by atoms with van der Waals surface area (Å²) >= 11 is 0. The van der Waals surface area contributed by atoms with E-state index in [1.807, 2.05) is 32.9 Å². The highest BCUT2D eigenvalue weighted by Gasteiger charge is 2.62. The van der Waals surface area contributed by atoms with E-state index in [-0.39, 0.29) is 25.0 Å². The summed E-state index contributed by atoms with van der Waals surface area (Å²) in [5.41, 5.74) is -0.482. The molecular formula is C39H52N6O9S. The maximum atomic E-state index is 14.7. The fourth-order valence-electron chi connectivity index (χ4n) is 7.95. The monoisotopic (exact) mass is 780 g/mol. The molecule has 2 aliphatic heterocycles. The summed E-state index contributed by atoms with van der Waals surface area (Å²) in [5.74, 6) is -2.07. The van der Waals surface area contributed by atoms with Crippen molar-refractivity contribution < 1.29 is 41.8 Å². The second-order valence-corrected chi connectivity index (χ2v) is 18.9. The van der Waals surface area contributed by atoms with Crippen LogP contribution < -0.4 is 24.8 Å². The molecular weight excluding hydrogens is 729 g/mol. The lowest BCUT2D eigenvalue weighted by Crippen LogP contribution is -2.61. The fourth-order valence-corrected chi connectivity index (χ4v) is 9.32. The molecule has 0 radical (unpaired) electrons.